The van der Waals surface area contributed by atoms with Gasteiger partial charge in [0.05, 0.1) is 17.3 Å². The molecule has 0 fully saturated rings. The highest BCUT2D eigenvalue weighted by molar-refractivity contribution is 6.31. The molecule has 0 bridgehead atoms. The second-order valence-corrected chi connectivity index (χ2v) is 4.19. The summed E-state index contributed by atoms with van der Waals surface area (Å²) in [6, 6.07) is 9.62. The number of nitrogens with two attached hydrogens (primary N) is 1. The van der Waals surface area contributed by atoms with E-state index in [4.69, 9.17) is 26.8 Å². The lowest BCUT2D eigenvalue weighted by molar-refractivity contribution is 0.321. The van der Waals surface area contributed by atoms with Gasteiger partial charge in [-0.2, -0.15) is 0 Å². The minimum Gasteiger partial charge on any atom is -0.490 e. The van der Waals surface area contributed by atoms with Crippen molar-refractivity contribution in [3.63, 3.8) is 0 Å². The summed E-state index contributed by atoms with van der Waals surface area (Å²) in [5.41, 5.74) is 5.87. The van der Waals surface area contributed by atoms with Gasteiger partial charge in [0, 0.05) is 12.1 Å². The summed E-state index contributed by atoms with van der Waals surface area (Å²) in [6.07, 6.45) is 0. The Bertz CT molecular complexity index is 590. The number of ether oxygens (including phenoxy) is 2. The van der Waals surface area contributed by atoms with Crippen molar-refractivity contribution in [2.75, 3.05) is 12.3 Å². The van der Waals surface area contributed by atoms with E-state index < -0.39 is 5.82 Å². The van der Waals surface area contributed by atoms with Crippen molar-refractivity contribution in [2.24, 2.45) is 0 Å². The molecule has 19 heavy (non-hydrogen) atoms. The largest absolute Gasteiger partial charge is 0.490 e. The molecule has 2 aromatic carbocycles. The highest BCUT2D eigenvalue weighted by Gasteiger charge is 2.11. The van der Waals surface area contributed by atoms with E-state index in [2.05, 4.69) is 0 Å². The van der Waals surface area contributed by atoms with Crippen LogP contribution >= 0.6 is 11.6 Å². The molecule has 0 unspecified atom stereocenters. The summed E-state index contributed by atoms with van der Waals surface area (Å²) in [5.74, 6) is 0.798. The smallest absolute Gasteiger partial charge is 0.169 e. The molecule has 0 aliphatic rings. The Balaban J connectivity index is 2.33. The van der Waals surface area contributed by atoms with Crippen LogP contribution in [0.3, 0.4) is 0 Å². The normalized spacial score (nSPS) is 10.3. The number of halogens is 2. The van der Waals surface area contributed by atoms with Gasteiger partial charge in [-0.15, -0.1) is 0 Å². The van der Waals surface area contributed by atoms with E-state index in [0.717, 1.165) is 6.07 Å². The van der Waals surface area contributed by atoms with Crippen molar-refractivity contribution >= 4 is 17.3 Å². The molecule has 0 saturated carbocycles. The van der Waals surface area contributed by atoms with Gasteiger partial charge in [0.25, 0.3) is 0 Å². The molecule has 0 atom stereocenters. The highest BCUT2D eigenvalue weighted by atomic mass is 35.5. The lowest BCUT2D eigenvalue weighted by atomic mass is 10.2. The first-order valence-electron chi connectivity index (χ1n) is 5.76. The van der Waals surface area contributed by atoms with E-state index in [1.807, 2.05) is 13.0 Å². The fourth-order valence-electron chi connectivity index (χ4n) is 1.56. The van der Waals surface area contributed by atoms with Gasteiger partial charge in [-0.05, 0) is 19.1 Å². The summed E-state index contributed by atoms with van der Waals surface area (Å²) < 4.78 is 24.3. The van der Waals surface area contributed by atoms with Gasteiger partial charge in [0.1, 0.15) is 5.82 Å². The molecule has 0 spiro atoms. The number of rotatable bonds is 4. The quantitative estimate of drug-likeness (QED) is 0.852. The van der Waals surface area contributed by atoms with Crippen molar-refractivity contribution in [3.8, 4) is 17.2 Å². The van der Waals surface area contributed by atoms with Gasteiger partial charge in [0.2, 0.25) is 0 Å². The lowest BCUT2D eigenvalue weighted by Crippen LogP contribution is -1.97. The topological polar surface area (TPSA) is 44.5 Å². The van der Waals surface area contributed by atoms with Crippen molar-refractivity contribution < 1.29 is 13.9 Å². The van der Waals surface area contributed by atoms with Crippen molar-refractivity contribution in [1.82, 2.24) is 0 Å². The Hall–Kier alpha value is -1.94. The molecule has 0 saturated heterocycles. The summed E-state index contributed by atoms with van der Waals surface area (Å²) >= 11 is 5.71. The van der Waals surface area contributed by atoms with Gasteiger partial charge in [-0.25, -0.2) is 4.39 Å². The van der Waals surface area contributed by atoms with Crippen LogP contribution in [0.2, 0.25) is 5.02 Å². The molecular weight excluding hydrogens is 269 g/mol. The fraction of sp³-hybridized carbons (Fsp3) is 0.143. The second kappa shape index (κ2) is 5.80. The Kier molecular flexibility index (Phi) is 4.12. The standard InChI is InChI=1S/C14H13ClFNO2/c1-2-18-12-5-3-4-6-13(12)19-14-7-9(15)10(16)8-11(14)17/h3-8H,2,17H2,1H3. The number of benzene rings is 2. The average molecular weight is 282 g/mol. The van der Waals surface area contributed by atoms with E-state index in [0.29, 0.717) is 23.9 Å². The number of hydrogen-bond acceptors (Lipinski definition) is 3. The van der Waals surface area contributed by atoms with Crippen LogP contribution in [0.25, 0.3) is 0 Å². The van der Waals surface area contributed by atoms with Crippen LogP contribution in [0.4, 0.5) is 10.1 Å². The SMILES string of the molecule is CCOc1ccccc1Oc1cc(Cl)c(F)cc1N. The Morgan fingerprint density at radius 1 is 1.16 bits per heavy atom. The maximum absolute atomic E-state index is 13.2. The Labute approximate surface area is 115 Å². The minimum atomic E-state index is -0.579. The van der Waals surface area contributed by atoms with Crippen LogP contribution in [-0.2, 0) is 0 Å². The fourth-order valence-corrected chi connectivity index (χ4v) is 1.71. The zero-order chi connectivity index (χ0) is 13.8. The molecule has 5 heteroatoms. The minimum absolute atomic E-state index is 0.0434. The first kappa shape index (κ1) is 13.5. The predicted octanol–water partition coefficient (Wildman–Crippen LogP) is 4.25. The number of para-hydroxylation sites is 2. The maximum atomic E-state index is 13.2. The molecule has 0 aromatic heterocycles. The van der Waals surface area contributed by atoms with Crippen LogP contribution in [-0.4, -0.2) is 6.61 Å². The third-order valence-electron chi connectivity index (χ3n) is 2.42. The molecular formula is C14H13ClFNO2. The van der Waals surface area contributed by atoms with Crippen molar-refractivity contribution in [3.05, 3.63) is 47.2 Å². The first-order chi connectivity index (χ1) is 9.11. The van der Waals surface area contributed by atoms with E-state index in [1.54, 1.807) is 18.2 Å². The first-order valence-corrected chi connectivity index (χ1v) is 6.13. The molecule has 2 rings (SSSR count). The highest BCUT2D eigenvalue weighted by Crippen LogP contribution is 2.36. The number of hydrogen-bond donors (Lipinski definition) is 1. The number of nitrogen functional groups attached to an aromatic ring is 1. The predicted molar refractivity (Wildman–Crippen MR) is 73.5 cm³/mol. The molecule has 2 N–H and O–H groups in total. The van der Waals surface area contributed by atoms with E-state index in [1.165, 1.54) is 6.07 Å². The Morgan fingerprint density at radius 2 is 1.84 bits per heavy atom. The van der Waals surface area contributed by atoms with Gasteiger partial charge in [0.15, 0.2) is 17.2 Å². The molecule has 2 aromatic rings. The van der Waals surface area contributed by atoms with E-state index >= 15 is 0 Å². The van der Waals surface area contributed by atoms with Gasteiger partial charge in [-0.1, -0.05) is 23.7 Å². The zero-order valence-electron chi connectivity index (χ0n) is 10.3. The molecule has 0 aliphatic carbocycles. The van der Waals surface area contributed by atoms with Crippen molar-refractivity contribution in [1.29, 1.82) is 0 Å². The summed E-state index contributed by atoms with van der Waals surface area (Å²) in [7, 11) is 0. The zero-order valence-corrected chi connectivity index (χ0v) is 11.1. The van der Waals surface area contributed by atoms with Crippen LogP contribution in [0.5, 0.6) is 17.2 Å². The van der Waals surface area contributed by atoms with Crippen LogP contribution in [0.1, 0.15) is 6.92 Å². The summed E-state index contributed by atoms with van der Waals surface area (Å²) in [5, 5.41) is -0.0434. The van der Waals surface area contributed by atoms with Crippen LogP contribution in [0.15, 0.2) is 36.4 Å². The third kappa shape index (κ3) is 3.09. The lowest BCUT2D eigenvalue weighted by Gasteiger charge is -2.13. The maximum Gasteiger partial charge on any atom is 0.169 e. The second-order valence-electron chi connectivity index (χ2n) is 3.79. The third-order valence-corrected chi connectivity index (χ3v) is 2.71. The van der Waals surface area contributed by atoms with Crippen molar-refractivity contribution in [2.45, 2.75) is 6.92 Å². The van der Waals surface area contributed by atoms with Crippen LogP contribution < -0.4 is 15.2 Å². The molecule has 0 amide bonds. The molecule has 0 aliphatic heterocycles. The van der Waals surface area contributed by atoms with E-state index in [-0.39, 0.29) is 10.7 Å². The molecule has 3 nitrogen and oxygen atoms in total. The summed E-state index contributed by atoms with van der Waals surface area (Å²) in [6.45, 7) is 2.39. The van der Waals surface area contributed by atoms with E-state index in [9.17, 15) is 4.39 Å². The Morgan fingerprint density at radius 3 is 2.53 bits per heavy atom. The molecule has 100 valence electrons. The van der Waals surface area contributed by atoms with Gasteiger partial charge < -0.3 is 15.2 Å². The molecule has 0 radical (unpaired) electrons. The van der Waals surface area contributed by atoms with Crippen LogP contribution in [0, 0.1) is 5.82 Å². The average Bonchev–Trinajstić information content (AvgIpc) is 2.38. The molecule has 0 heterocycles. The summed E-state index contributed by atoms with van der Waals surface area (Å²) in [4.78, 5) is 0. The van der Waals surface area contributed by atoms with Gasteiger partial charge >= 0.3 is 0 Å². The monoisotopic (exact) mass is 281 g/mol. The number of anilines is 1. The van der Waals surface area contributed by atoms with Gasteiger partial charge in [-0.3, -0.25) is 0 Å².